The highest BCUT2D eigenvalue weighted by molar-refractivity contribution is 5.38. The van der Waals surface area contributed by atoms with E-state index in [1.165, 1.54) is 24.0 Å². The molecule has 0 fully saturated rings. The first-order valence-electron chi connectivity index (χ1n) is 7.43. The summed E-state index contributed by atoms with van der Waals surface area (Å²) >= 11 is 0. The normalized spacial score (nSPS) is 22.3. The number of benzene rings is 1. The lowest BCUT2D eigenvalue weighted by molar-refractivity contribution is 0.0268. The minimum atomic E-state index is 0.113. The summed E-state index contributed by atoms with van der Waals surface area (Å²) in [5.41, 5.74) is 3.20. The van der Waals surface area contributed by atoms with Gasteiger partial charge in [-0.1, -0.05) is 38.1 Å². The molecule has 0 bridgehead atoms. The zero-order valence-corrected chi connectivity index (χ0v) is 13.1. The predicted octanol–water partition coefficient (Wildman–Crippen LogP) is 3.05. The van der Waals surface area contributed by atoms with E-state index in [-0.39, 0.29) is 11.5 Å². The molecule has 1 aliphatic rings. The quantitative estimate of drug-likeness (QED) is 0.867. The summed E-state index contributed by atoms with van der Waals surface area (Å²) in [6.07, 6.45) is 2.50. The summed E-state index contributed by atoms with van der Waals surface area (Å²) in [6.45, 7) is 6.13. The SMILES string of the molecule is COCC(CNC1CCC(C)(C)c2ccccc21)OC. The summed E-state index contributed by atoms with van der Waals surface area (Å²) in [4.78, 5) is 0. The molecule has 3 nitrogen and oxygen atoms in total. The molecule has 2 atom stereocenters. The zero-order chi connectivity index (χ0) is 14.6. The lowest BCUT2D eigenvalue weighted by Crippen LogP contribution is -2.38. The Bertz CT molecular complexity index is 431. The first-order chi connectivity index (χ1) is 9.58. The van der Waals surface area contributed by atoms with E-state index in [1.807, 2.05) is 0 Å². The highest BCUT2D eigenvalue weighted by atomic mass is 16.5. The molecule has 2 rings (SSSR count). The highest BCUT2D eigenvalue weighted by Gasteiger charge is 2.32. The van der Waals surface area contributed by atoms with Gasteiger partial charge >= 0.3 is 0 Å². The van der Waals surface area contributed by atoms with Gasteiger partial charge in [-0.15, -0.1) is 0 Å². The summed E-state index contributed by atoms with van der Waals surface area (Å²) in [5.74, 6) is 0. The summed E-state index contributed by atoms with van der Waals surface area (Å²) < 4.78 is 10.6. The van der Waals surface area contributed by atoms with Crippen LogP contribution >= 0.6 is 0 Å². The smallest absolute Gasteiger partial charge is 0.0928 e. The van der Waals surface area contributed by atoms with Gasteiger partial charge in [0.2, 0.25) is 0 Å². The van der Waals surface area contributed by atoms with Gasteiger partial charge in [0.1, 0.15) is 0 Å². The van der Waals surface area contributed by atoms with E-state index < -0.39 is 0 Å². The van der Waals surface area contributed by atoms with Gasteiger partial charge < -0.3 is 14.8 Å². The first kappa shape index (κ1) is 15.5. The molecular formula is C17H27NO2. The van der Waals surface area contributed by atoms with Gasteiger partial charge in [0.15, 0.2) is 0 Å². The van der Waals surface area contributed by atoms with Crippen LogP contribution < -0.4 is 5.32 Å². The van der Waals surface area contributed by atoms with Gasteiger partial charge in [0, 0.05) is 26.8 Å². The van der Waals surface area contributed by atoms with Crippen LogP contribution in [0, 0.1) is 0 Å². The van der Waals surface area contributed by atoms with Crippen LogP contribution in [0.25, 0.3) is 0 Å². The number of ether oxygens (including phenoxy) is 2. The number of fused-ring (bicyclic) bond motifs is 1. The van der Waals surface area contributed by atoms with Crippen LogP contribution in [0.3, 0.4) is 0 Å². The Morgan fingerprint density at radius 1 is 1.30 bits per heavy atom. The average Bonchev–Trinajstić information content (AvgIpc) is 2.45. The van der Waals surface area contributed by atoms with Crippen molar-refractivity contribution >= 4 is 0 Å². The lowest BCUT2D eigenvalue weighted by atomic mass is 9.71. The Morgan fingerprint density at radius 2 is 2.05 bits per heavy atom. The van der Waals surface area contributed by atoms with Gasteiger partial charge in [-0.2, -0.15) is 0 Å². The molecule has 1 aromatic rings. The molecular weight excluding hydrogens is 250 g/mol. The Labute approximate surface area is 122 Å². The van der Waals surface area contributed by atoms with Crippen LogP contribution in [0.1, 0.15) is 43.9 Å². The molecule has 0 heterocycles. The summed E-state index contributed by atoms with van der Waals surface area (Å²) in [5, 5.41) is 3.65. The van der Waals surface area contributed by atoms with Gasteiger partial charge in [0.05, 0.1) is 12.7 Å². The molecule has 1 N–H and O–H groups in total. The zero-order valence-electron chi connectivity index (χ0n) is 13.1. The Morgan fingerprint density at radius 3 is 2.75 bits per heavy atom. The fourth-order valence-corrected chi connectivity index (χ4v) is 3.09. The Hall–Kier alpha value is -0.900. The maximum absolute atomic E-state index is 5.42. The second-order valence-electron chi connectivity index (χ2n) is 6.28. The maximum Gasteiger partial charge on any atom is 0.0928 e. The van der Waals surface area contributed by atoms with Gasteiger partial charge in [-0.05, 0) is 29.4 Å². The third-order valence-electron chi connectivity index (χ3n) is 4.40. The van der Waals surface area contributed by atoms with Crippen molar-refractivity contribution in [2.45, 2.75) is 44.2 Å². The minimum Gasteiger partial charge on any atom is -0.382 e. The average molecular weight is 277 g/mol. The van der Waals surface area contributed by atoms with E-state index in [4.69, 9.17) is 9.47 Å². The van der Waals surface area contributed by atoms with Crippen LogP contribution in [0.2, 0.25) is 0 Å². The molecule has 112 valence electrons. The largest absolute Gasteiger partial charge is 0.382 e. The van der Waals surface area contributed by atoms with E-state index in [9.17, 15) is 0 Å². The molecule has 0 amide bonds. The molecule has 20 heavy (non-hydrogen) atoms. The van der Waals surface area contributed by atoms with E-state index in [0.29, 0.717) is 12.6 Å². The van der Waals surface area contributed by atoms with Crippen molar-refractivity contribution in [3.05, 3.63) is 35.4 Å². The highest BCUT2D eigenvalue weighted by Crippen LogP contribution is 2.41. The van der Waals surface area contributed by atoms with Crippen LogP contribution in [-0.2, 0) is 14.9 Å². The van der Waals surface area contributed by atoms with Crippen molar-refractivity contribution in [3.63, 3.8) is 0 Å². The molecule has 2 unspecified atom stereocenters. The molecule has 1 aliphatic carbocycles. The van der Waals surface area contributed by atoms with E-state index in [2.05, 4.69) is 43.4 Å². The van der Waals surface area contributed by atoms with Crippen LogP contribution in [0.15, 0.2) is 24.3 Å². The molecule has 0 spiro atoms. The maximum atomic E-state index is 5.42. The molecule has 0 radical (unpaired) electrons. The number of rotatable bonds is 6. The minimum absolute atomic E-state index is 0.113. The van der Waals surface area contributed by atoms with Crippen LogP contribution in [0.5, 0.6) is 0 Å². The molecule has 0 aromatic heterocycles. The topological polar surface area (TPSA) is 30.5 Å². The van der Waals surface area contributed by atoms with Crippen molar-refractivity contribution in [2.24, 2.45) is 0 Å². The van der Waals surface area contributed by atoms with Crippen LogP contribution in [-0.4, -0.2) is 33.5 Å². The number of methoxy groups -OCH3 is 2. The Balaban J connectivity index is 2.07. The number of hydrogen-bond donors (Lipinski definition) is 1. The molecule has 1 aromatic carbocycles. The van der Waals surface area contributed by atoms with Crippen LogP contribution in [0.4, 0.5) is 0 Å². The second kappa shape index (κ2) is 6.70. The molecule has 0 aliphatic heterocycles. The second-order valence-corrected chi connectivity index (χ2v) is 6.28. The summed E-state index contributed by atoms with van der Waals surface area (Å²) in [7, 11) is 3.45. The van der Waals surface area contributed by atoms with Crippen molar-refractivity contribution in [2.75, 3.05) is 27.4 Å². The van der Waals surface area contributed by atoms with Crippen molar-refractivity contribution in [3.8, 4) is 0 Å². The van der Waals surface area contributed by atoms with Gasteiger partial charge in [-0.3, -0.25) is 0 Å². The standard InChI is InChI=1S/C17H27NO2/c1-17(2)10-9-16(14-7-5-6-8-15(14)17)18-11-13(20-4)12-19-3/h5-8,13,16,18H,9-12H2,1-4H3. The Kier molecular flexibility index (Phi) is 5.19. The lowest BCUT2D eigenvalue weighted by Gasteiger charge is -2.38. The fraction of sp³-hybridized carbons (Fsp3) is 0.647. The number of nitrogens with one attached hydrogen (secondary N) is 1. The number of hydrogen-bond acceptors (Lipinski definition) is 3. The van der Waals surface area contributed by atoms with E-state index in [1.54, 1.807) is 14.2 Å². The molecule has 3 heteroatoms. The van der Waals surface area contributed by atoms with Crippen molar-refractivity contribution in [1.82, 2.24) is 5.32 Å². The van der Waals surface area contributed by atoms with Crippen molar-refractivity contribution < 1.29 is 9.47 Å². The van der Waals surface area contributed by atoms with E-state index in [0.717, 1.165) is 6.54 Å². The monoisotopic (exact) mass is 277 g/mol. The third kappa shape index (κ3) is 3.40. The van der Waals surface area contributed by atoms with Gasteiger partial charge in [0.25, 0.3) is 0 Å². The van der Waals surface area contributed by atoms with Gasteiger partial charge in [-0.25, -0.2) is 0 Å². The predicted molar refractivity (Wildman–Crippen MR) is 82.1 cm³/mol. The molecule has 0 saturated heterocycles. The first-order valence-corrected chi connectivity index (χ1v) is 7.43. The third-order valence-corrected chi connectivity index (χ3v) is 4.40. The fourth-order valence-electron chi connectivity index (χ4n) is 3.09. The molecule has 0 saturated carbocycles. The van der Waals surface area contributed by atoms with E-state index >= 15 is 0 Å². The summed E-state index contributed by atoms with van der Waals surface area (Å²) in [6, 6.07) is 9.23. The van der Waals surface area contributed by atoms with Crippen molar-refractivity contribution in [1.29, 1.82) is 0 Å².